The predicted octanol–water partition coefficient (Wildman–Crippen LogP) is 1.31. The summed E-state index contributed by atoms with van der Waals surface area (Å²) < 4.78 is 26.7. The van der Waals surface area contributed by atoms with Crippen LogP contribution in [0.4, 0.5) is 0 Å². The van der Waals surface area contributed by atoms with E-state index >= 15 is 0 Å². The molecule has 1 aromatic carbocycles. The summed E-state index contributed by atoms with van der Waals surface area (Å²) in [6, 6.07) is 4.54. The van der Waals surface area contributed by atoms with Gasteiger partial charge in [-0.25, -0.2) is 8.42 Å². The van der Waals surface area contributed by atoms with E-state index in [1.165, 1.54) is 35.5 Å². The Labute approximate surface area is 141 Å². The van der Waals surface area contributed by atoms with Gasteiger partial charge in [-0.05, 0) is 49.9 Å². The molecule has 1 fully saturated rings. The summed E-state index contributed by atoms with van der Waals surface area (Å²) in [5.41, 5.74) is 0.217. The van der Waals surface area contributed by atoms with Gasteiger partial charge in [-0.3, -0.25) is 9.59 Å². The van der Waals surface area contributed by atoms with Crippen molar-refractivity contribution >= 4 is 21.9 Å². The van der Waals surface area contributed by atoms with E-state index in [0.29, 0.717) is 19.0 Å². The zero-order valence-corrected chi connectivity index (χ0v) is 14.5. The summed E-state index contributed by atoms with van der Waals surface area (Å²) in [5, 5.41) is 11.1. The highest BCUT2D eigenvalue weighted by Gasteiger charge is 2.28. The van der Waals surface area contributed by atoms with Crippen LogP contribution >= 0.6 is 0 Å². The summed E-state index contributed by atoms with van der Waals surface area (Å²) in [5.74, 6) is -1.36. The minimum absolute atomic E-state index is 0.138. The van der Waals surface area contributed by atoms with Crippen LogP contribution in [-0.4, -0.2) is 48.8 Å². The number of aliphatic carboxylic acids is 1. The summed E-state index contributed by atoms with van der Waals surface area (Å²) in [4.78, 5) is 22.8. The van der Waals surface area contributed by atoms with Gasteiger partial charge in [0.15, 0.2) is 0 Å². The molecule has 0 spiro atoms. The number of nitrogens with one attached hydrogen (secondary N) is 1. The molecule has 2 rings (SSSR count). The number of carbonyl (C=O) groups is 2. The van der Waals surface area contributed by atoms with Crippen LogP contribution in [0.5, 0.6) is 0 Å². The molecule has 8 heteroatoms. The normalized spacial score (nSPS) is 20.3. The van der Waals surface area contributed by atoms with Gasteiger partial charge in [-0.15, -0.1) is 0 Å². The summed E-state index contributed by atoms with van der Waals surface area (Å²) >= 11 is 0. The number of hydrogen-bond acceptors (Lipinski definition) is 4. The molecule has 24 heavy (non-hydrogen) atoms. The van der Waals surface area contributed by atoms with E-state index in [9.17, 15) is 18.0 Å². The Morgan fingerprint density at radius 3 is 2.46 bits per heavy atom. The number of sulfonamides is 1. The molecule has 2 atom stereocenters. The van der Waals surface area contributed by atoms with Crippen molar-refractivity contribution in [3.8, 4) is 0 Å². The van der Waals surface area contributed by atoms with Gasteiger partial charge in [0.1, 0.15) is 6.04 Å². The fraction of sp³-hybridized carbons (Fsp3) is 0.500. The average molecular weight is 354 g/mol. The lowest BCUT2D eigenvalue weighted by Gasteiger charge is -2.30. The van der Waals surface area contributed by atoms with E-state index < -0.39 is 27.9 Å². The van der Waals surface area contributed by atoms with E-state index in [1.54, 1.807) is 0 Å². The molecular formula is C16H22N2O5S. The number of rotatable bonds is 5. The van der Waals surface area contributed by atoms with E-state index in [0.717, 1.165) is 12.8 Å². The Morgan fingerprint density at radius 1 is 1.29 bits per heavy atom. The standard InChI is InChI=1S/C16H22N2O5S/c1-11-4-3-9-18(10-11)24(22,23)14-7-5-13(6-8-14)15(19)17-12(2)16(20)21/h5-8,11-12H,3-4,9-10H2,1-2H3,(H,17,19)(H,20,21). The number of carboxylic acids is 1. The third-order valence-corrected chi connectivity index (χ3v) is 5.97. The second kappa shape index (κ2) is 7.31. The molecule has 1 saturated heterocycles. The molecule has 0 bridgehead atoms. The maximum atomic E-state index is 12.6. The number of benzene rings is 1. The van der Waals surface area contributed by atoms with Gasteiger partial charge in [-0.2, -0.15) is 4.31 Å². The number of carboxylic acid groups (broad SMARTS) is 1. The van der Waals surface area contributed by atoms with E-state index in [4.69, 9.17) is 5.11 Å². The Morgan fingerprint density at radius 2 is 1.92 bits per heavy atom. The molecule has 2 N–H and O–H groups in total. The number of piperidine rings is 1. The number of hydrogen-bond donors (Lipinski definition) is 2. The molecule has 1 aromatic rings. The molecule has 1 aliphatic heterocycles. The van der Waals surface area contributed by atoms with E-state index in [1.807, 2.05) is 6.92 Å². The number of carbonyl (C=O) groups excluding carboxylic acids is 1. The molecular weight excluding hydrogens is 332 g/mol. The van der Waals surface area contributed by atoms with Crippen molar-refractivity contribution in [2.75, 3.05) is 13.1 Å². The molecule has 1 amide bonds. The quantitative estimate of drug-likeness (QED) is 0.830. The zero-order chi connectivity index (χ0) is 17.9. The summed E-state index contributed by atoms with van der Waals surface area (Å²) in [6.45, 7) is 4.39. The zero-order valence-electron chi connectivity index (χ0n) is 13.7. The smallest absolute Gasteiger partial charge is 0.325 e. The van der Waals surface area contributed by atoms with E-state index in [2.05, 4.69) is 5.32 Å². The second-order valence-corrected chi connectivity index (χ2v) is 8.11. The molecule has 0 radical (unpaired) electrons. The first-order chi connectivity index (χ1) is 11.2. The molecule has 7 nitrogen and oxygen atoms in total. The maximum Gasteiger partial charge on any atom is 0.325 e. The van der Waals surface area contributed by atoms with Gasteiger partial charge in [0, 0.05) is 18.7 Å². The Balaban J connectivity index is 2.13. The highest BCUT2D eigenvalue weighted by Crippen LogP contribution is 2.23. The first kappa shape index (κ1) is 18.4. The third-order valence-electron chi connectivity index (χ3n) is 4.09. The van der Waals surface area contributed by atoms with Gasteiger partial charge in [-0.1, -0.05) is 6.92 Å². The van der Waals surface area contributed by atoms with Crippen LogP contribution in [-0.2, 0) is 14.8 Å². The van der Waals surface area contributed by atoms with Crippen molar-refractivity contribution in [2.24, 2.45) is 5.92 Å². The lowest BCUT2D eigenvalue weighted by Crippen LogP contribution is -2.39. The largest absolute Gasteiger partial charge is 0.480 e. The molecule has 0 aromatic heterocycles. The van der Waals surface area contributed by atoms with Gasteiger partial charge in [0.2, 0.25) is 10.0 Å². The van der Waals surface area contributed by atoms with Crippen LogP contribution in [0.2, 0.25) is 0 Å². The SMILES string of the molecule is CC1CCCN(S(=O)(=O)c2ccc(C(=O)NC(C)C(=O)O)cc2)C1. The van der Waals surface area contributed by atoms with Crippen molar-refractivity contribution in [1.29, 1.82) is 0 Å². The minimum Gasteiger partial charge on any atom is -0.480 e. The topological polar surface area (TPSA) is 104 Å². The third kappa shape index (κ3) is 4.12. The maximum absolute atomic E-state index is 12.6. The summed E-state index contributed by atoms with van der Waals surface area (Å²) in [6.07, 6.45) is 1.86. The van der Waals surface area contributed by atoms with Crippen LogP contribution in [0, 0.1) is 5.92 Å². The Hall–Kier alpha value is -1.93. The van der Waals surface area contributed by atoms with Crippen LogP contribution in [0.3, 0.4) is 0 Å². The van der Waals surface area contributed by atoms with Gasteiger partial charge >= 0.3 is 5.97 Å². The van der Waals surface area contributed by atoms with E-state index in [-0.39, 0.29) is 10.5 Å². The fourth-order valence-electron chi connectivity index (χ4n) is 2.63. The molecule has 0 saturated carbocycles. The first-order valence-corrected chi connectivity index (χ1v) is 9.29. The van der Waals surface area contributed by atoms with Crippen molar-refractivity contribution in [1.82, 2.24) is 9.62 Å². The number of amides is 1. The molecule has 0 aliphatic carbocycles. The highest BCUT2D eigenvalue weighted by atomic mass is 32.2. The van der Waals surface area contributed by atoms with Gasteiger partial charge in [0.05, 0.1) is 4.90 Å². The molecule has 132 valence electrons. The highest BCUT2D eigenvalue weighted by molar-refractivity contribution is 7.89. The fourth-order valence-corrected chi connectivity index (χ4v) is 4.23. The van der Waals surface area contributed by atoms with Crippen LogP contribution < -0.4 is 5.32 Å². The van der Waals surface area contributed by atoms with Crippen molar-refractivity contribution in [3.63, 3.8) is 0 Å². The van der Waals surface area contributed by atoms with Crippen LogP contribution in [0.15, 0.2) is 29.2 Å². The predicted molar refractivity (Wildman–Crippen MR) is 88.2 cm³/mol. The van der Waals surface area contributed by atoms with Crippen LogP contribution in [0.25, 0.3) is 0 Å². The van der Waals surface area contributed by atoms with Gasteiger partial charge < -0.3 is 10.4 Å². The molecule has 1 heterocycles. The Kier molecular flexibility index (Phi) is 5.61. The van der Waals surface area contributed by atoms with Crippen molar-refractivity contribution < 1.29 is 23.1 Å². The molecule has 2 unspecified atom stereocenters. The van der Waals surface area contributed by atoms with Crippen LogP contribution in [0.1, 0.15) is 37.0 Å². The van der Waals surface area contributed by atoms with Crippen molar-refractivity contribution in [3.05, 3.63) is 29.8 Å². The lowest BCUT2D eigenvalue weighted by molar-refractivity contribution is -0.138. The number of nitrogens with zero attached hydrogens (tertiary/aromatic N) is 1. The average Bonchev–Trinajstić information content (AvgIpc) is 2.54. The minimum atomic E-state index is -3.57. The first-order valence-electron chi connectivity index (χ1n) is 7.85. The Bertz CT molecular complexity index is 714. The lowest BCUT2D eigenvalue weighted by atomic mass is 10.0. The van der Waals surface area contributed by atoms with Crippen molar-refractivity contribution in [2.45, 2.75) is 37.6 Å². The summed E-state index contributed by atoms with van der Waals surface area (Å²) in [7, 11) is -3.57. The van der Waals surface area contributed by atoms with Gasteiger partial charge in [0.25, 0.3) is 5.91 Å². The monoisotopic (exact) mass is 354 g/mol. The second-order valence-electron chi connectivity index (χ2n) is 6.17. The molecule has 1 aliphatic rings.